The molecule has 0 bridgehead atoms. The Morgan fingerprint density at radius 3 is 2.61 bits per heavy atom. The monoisotopic (exact) mass is 425 g/mol. The van der Waals surface area contributed by atoms with Gasteiger partial charge in [-0.2, -0.15) is 5.10 Å². The molecule has 2 aromatic rings. The van der Waals surface area contributed by atoms with E-state index in [1.54, 1.807) is 19.1 Å². The van der Waals surface area contributed by atoms with Crippen LogP contribution in [-0.2, 0) is 11.2 Å². The van der Waals surface area contributed by atoms with Gasteiger partial charge in [0.2, 0.25) is 5.91 Å². The lowest BCUT2D eigenvalue weighted by atomic mass is 9.79. The normalized spacial score (nSPS) is 21.3. The summed E-state index contributed by atoms with van der Waals surface area (Å²) in [5.41, 5.74) is 5.71. The Morgan fingerprint density at radius 1 is 1.26 bits per heavy atom. The largest absolute Gasteiger partial charge is 0.392 e. The number of amides is 1. The van der Waals surface area contributed by atoms with Gasteiger partial charge in [-0.05, 0) is 49.9 Å². The Kier molecular flexibility index (Phi) is 6.02. The highest BCUT2D eigenvalue weighted by Crippen LogP contribution is 2.47. The van der Waals surface area contributed by atoms with Crippen molar-refractivity contribution in [3.63, 3.8) is 0 Å². The fraction of sp³-hybridized carbons (Fsp3) is 0.520. The Morgan fingerprint density at radius 2 is 1.97 bits per heavy atom. The van der Waals surface area contributed by atoms with Gasteiger partial charge < -0.3 is 10.0 Å². The number of hydrogen-bond donors (Lipinski definition) is 1. The predicted molar refractivity (Wildman–Crippen MR) is 118 cm³/mol. The lowest BCUT2D eigenvalue weighted by Gasteiger charge is -2.32. The van der Waals surface area contributed by atoms with E-state index in [4.69, 9.17) is 0 Å². The van der Waals surface area contributed by atoms with Crippen molar-refractivity contribution in [1.29, 1.82) is 0 Å². The van der Waals surface area contributed by atoms with Crippen LogP contribution in [0.15, 0.2) is 41.6 Å². The Bertz CT molecular complexity index is 981. The second kappa shape index (κ2) is 8.58. The van der Waals surface area contributed by atoms with Gasteiger partial charge in [-0.3, -0.25) is 4.79 Å². The number of carbonyl (C=O) groups excluding carboxylic acids is 1. The van der Waals surface area contributed by atoms with Gasteiger partial charge in [0.1, 0.15) is 5.82 Å². The number of carbonyl (C=O) groups is 1. The molecule has 4 rings (SSSR count). The highest BCUT2D eigenvalue weighted by Gasteiger charge is 2.40. The van der Waals surface area contributed by atoms with E-state index in [-0.39, 0.29) is 23.6 Å². The maximum atomic E-state index is 13.5. The van der Waals surface area contributed by atoms with Gasteiger partial charge in [-0.25, -0.2) is 9.07 Å². The van der Waals surface area contributed by atoms with Gasteiger partial charge in [-0.15, -0.1) is 0 Å². The summed E-state index contributed by atoms with van der Waals surface area (Å²) >= 11 is 0. The molecule has 2 aliphatic rings. The summed E-state index contributed by atoms with van der Waals surface area (Å²) in [6.07, 6.45) is 3.87. The SMILES string of the molecule is CC(C)CN(C[C@H](C)O)C(=O)[C@@H]1CCC2=C1[C@@H](C)c1cnn(-c3ccc(F)cc3)c1C2. The molecule has 2 aliphatic carbocycles. The standard InChI is InChI=1S/C25H32FN3O2/c1-15(2)13-28(14-16(3)30)25(31)21-10-5-18-11-23-22(17(4)24(18)21)12-27-29(23)20-8-6-19(26)7-9-20/h6-9,12,15-17,21,30H,5,10-11,13-14H2,1-4H3/t16-,17-,21+/m0/s1. The molecule has 1 aromatic heterocycles. The zero-order valence-electron chi connectivity index (χ0n) is 18.8. The minimum Gasteiger partial charge on any atom is -0.392 e. The molecule has 31 heavy (non-hydrogen) atoms. The van der Waals surface area contributed by atoms with E-state index in [0.717, 1.165) is 36.2 Å². The average molecular weight is 426 g/mol. The fourth-order valence-corrected chi connectivity index (χ4v) is 5.25. The van der Waals surface area contributed by atoms with Gasteiger partial charge >= 0.3 is 0 Å². The molecule has 1 heterocycles. The van der Waals surface area contributed by atoms with Crippen LogP contribution < -0.4 is 0 Å². The number of aliphatic hydroxyl groups excluding tert-OH is 1. The van der Waals surface area contributed by atoms with Crippen molar-refractivity contribution >= 4 is 5.91 Å². The first-order valence-electron chi connectivity index (χ1n) is 11.3. The molecule has 0 fully saturated rings. The van der Waals surface area contributed by atoms with Crippen LogP contribution in [-0.4, -0.2) is 44.9 Å². The van der Waals surface area contributed by atoms with Crippen LogP contribution in [0.5, 0.6) is 0 Å². The van der Waals surface area contributed by atoms with Gasteiger partial charge in [0.15, 0.2) is 0 Å². The highest BCUT2D eigenvalue weighted by molar-refractivity contribution is 5.83. The van der Waals surface area contributed by atoms with Gasteiger partial charge in [0.05, 0.1) is 29.6 Å². The number of aromatic nitrogens is 2. The molecule has 1 aromatic carbocycles. The van der Waals surface area contributed by atoms with Crippen LogP contribution in [0.3, 0.4) is 0 Å². The van der Waals surface area contributed by atoms with E-state index < -0.39 is 6.10 Å². The fourth-order valence-electron chi connectivity index (χ4n) is 5.25. The van der Waals surface area contributed by atoms with Crippen molar-refractivity contribution in [2.24, 2.45) is 11.8 Å². The number of allylic oxidation sites excluding steroid dienone is 1. The van der Waals surface area contributed by atoms with Gasteiger partial charge in [0.25, 0.3) is 0 Å². The number of rotatable bonds is 6. The number of halogens is 1. The number of aliphatic hydroxyl groups is 1. The first kappa shape index (κ1) is 21.8. The predicted octanol–water partition coefficient (Wildman–Crippen LogP) is 4.24. The minimum atomic E-state index is -0.540. The van der Waals surface area contributed by atoms with E-state index in [9.17, 15) is 14.3 Å². The molecule has 166 valence electrons. The Hall–Kier alpha value is -2.47. The third-order valence-corrected chi connectivity index (χ3v) is 6.48. The van der Waals surface area contributed by atoms with Crippen molar-refractivity contribution in [1.82, 2.24) is 14.7 Å². The number of fused-ring (bicyclic) bond motifs is 1. The molecule has 6 heteroatoms. The second-order valence-corrected chi connectivity index (χ2v) is 9.47. The smallest absolute Gasteiger partial charge is 0.229 e. The Balaban J connectivity index is 1.62. The van der Waals surface area contributed by atoms with Crippen LogP contribution in [0.25, 0.3) is 5.69 Å². The minimum absolute atomic E-state index is 0.121. The summed E-state index contributed by atoms with van der Waals surface area (Å²) < 4.78 is 15.3. The highest BCUT2D eigenvalue weighted by atomic mass is 19.1. The molecule has 5 nitrogen and oxygen atoms in total. The van der Waals surface area contributed by atoms with Gasteiger partial charge in [-0.1, -0.05) is 31.9 Å². The second-order valence-electron chi connectivity index (χ2n) is 9.47. The molecular weight excluding hydrogens is 393 g/mol. The van der Waals surface area contributed by atoms with Gasteiger partial charge in [0, 0.05) is 31.0 Å². The molecular formula is C25H32FN3O2. The molecule has 0 unspecified atom stereocenters. The summed E-state index contributed by atoms with van der Waals surface area (Å²) in [5.74, 6) is 0.229. The summed E-state index contributed by atoms with van der Waals surface area (Å²) in [6.45, 7) is 9.13. The topological polar surface area (TPSA) is 58.4 Å². The van der Waals surface area contributed by atoms with Crippen molar-refractivity contribution in [3.8, 4) is 5.69 Å². The lowest BCUT2D eigenvalue weighted by molar-refractivity contribution is -0.136. The molecule has 0 saturated heterocycles. The van der Waals surface area contributed by atoms with Crippen LogP contribution >= 0.6 is 0 Å². The zero-order valence-corrected chi connectivity index (χ0v) is 18.8. The zero-order chi connectivity index (χ0) is 22.3. The van der Waals surface area contributed by atoms with Crippen LogP contribution in [0.2, 0.25) is 0 Å². The van der Waals surface area contributed by atoms with Crippen LogP contribution in [0, 0.1) is 17.7 Å². The van der Waals surface area contributed by atoms with Crippen molar-refractivity contribution in [2.45, 2.75) is 59.0 Å². The van der Waals surface area contributed by atoms with Crippen molar-refractivity contribution in [3.05, 3.63) is 58.7 Å². The van der Waals surface area contributed by atoms with Crippen LogP contribution in [0.4, 0.5) is 4.39 Å². The van der Waals surface area contributed by atoms with E-state index in [2.05, 4.69) is 25.9 Å². The maximum Gasteiger partial charge on any atom is 0.229 e. The van der Waals surface area contributed by atoms with E-state index >= 15 is 0 Å². The van der Waals surface area contributed by atoms with E-state index in [1.807, 2.05) is 15.8 Å². The maximum absolute atomic E-state index is 13.5. The first-order valence-corrected chi connectivity index (χ1v) is 11.3. The summed E-state index contributed by atoms with van der Waals surface area (Å²) in [4.78, 5) is 15.4. The lowest BCUT2D eigenvalue weighted by Crippen LogP contribution is -2.42. The summed E-state index contributed by atoms with van der Waals surface area (Å²) in [7, 11) is 0. The molecule has 0 aliphatic heterocycles. The molecule has 0 saturated carbocycles. The third-order valence-electron chi connectivity index (χ3n) is 6.48. The number of benzene rings is 1. The quantitative estimate of drug-likeness (QED) is 0.704. The third kappa shape index (κ3) is 4.18. The molecule has 0 spiro atoms. The molecule has 1 N–H and O–H groups in total. The summed E-state index contributed by atoms with van der Waals surface area (Å²) in [6, 6.07) is 6.40. The molecule has 3 atom stereocenters. The molecule has 1 amide bonds. The molecule has 0 radical (unpaired) electrons. The first-order chi connectivity index (χ1) is 14.8. The average Bonchev–Trinajstić information content (AvgIpc) is 3.32. The van der Waals surface area contributed by atoms with Crippen LogP contribution in [0.1, 0.15) is 57.7 Å². The number of nitrogens with zero attached hydrogens (tertiary/aromatic N) is 3. The van der Waals surface area contributed by atoms with E-state index in [1.165, 1.54) is 23.3 Å². The van der Waals surface area contributed by atoms with Crippen molar-refractivity contribution < 1.29 is 14.3 Å². The van der Waals surface area contributed by atoms with Crippen molar-refractivity contribution in [2.75, 3.05) is 13.1 Å². The van der Waals surface area contributed by atoms with E-state index in [0.29, 0.717) is 19.0 Å². The number of hydrogen-bond acceptors (Lipinski definition) is 3. The summed E-state index contributed by atoms with van der Waals surface area (Å²) in [5, 5.41) is 14.5. The Labute approximate surface area is 183 Å².